The van der Waals surface area contributed by atoms with Gasteiger partial charge in [-0.05, 0) is 20.1 Å². The number of nitrogens with one attached hydrogen (secondary N) is 1. The Labute approximate surface area is 96.7 Å². The van der Waals surface area contributed by atoms with Crippen molar-refractivity contribution < 1.29 is 14.6 Å². The van der Waals surface area contributed by atoms with Gasteiger partial charge in [-0.25, -0.2) is 0 Å². The third-order valence-corrected chi connectivity index (χ3v) is 3.04. The molecule has 0 radical (unpaired) electrons. The van der Waals surface area contributed by atoms with E-state index in [9.17, 15) is 5.11 Å². The van der Waals surface area contributed by atoms with Gasteiger partial charge in [0, 0.05) is 26.5 Å². The van der Waals surface area contributed by atoms with Gasteiger partial charge in [0.25, 0.3) is 0 Å². The van der Waals surface area contributed by atoms with Gasteiger partial charge in [0.05, 0.1) is 11.6 Å². The fraction of sp³-hybridized carbons (Fsp3) is 1.00. The van der Waals surface area contributed by atoms with Gasteiger partial charge in [-0.1, -0.05) is 0 Å². The van der Waals surface area contributed by atoms with E-state index in [4.69, 9.17) is 9.47 Å². The quantitative estimate of drug-likeness (QED) is 0.609. The summed E-state index contributed by atoms with van der Waals surface area (Å²) in [5, 5.41) is 13.1. The van der Waals surface area contributed by atoms with Crippen molar-refractivity contribution in [2.45, 2.75) is 31.8 Å². The third kappa shape index (κ3) is 6.37. The molecule has 15 heavy (non-hydrogen) atoms. The first-order valence-corrected chi connectivity index (χ1v) is 6.36. The van der Waals surface area contributed by atoms with Crippen LogP contribution in [0.1, 0.15) is 13.8 Å². The maximum atomic E-state index is 9.93. The van der Waals surface area contributed by atoms with Gasteiger partial charge in [0.15, 0.2) is 6.29 Å². The maximum absolute atomic E-state index is 9.93. The van der Waals surface area contributed by atoms with E-state index in [1.54, 1.807) is 26.0 Å². The zero-order valence-electron chi connectivity index (χ0n) is 10.2. The standard InChI is InChI=1S/C10H23NO3S/c1-8(9(13-3)14-4)11-6-10(2,12)7-15-5/h8-9,11-12H,6-7H2,1-5H3. The van der Waals surface area contributed by atoms with Crippen molar-refractivity contribution in [1.29, 1.82) is 0 Å². The summed E-state index contributed by atoms with van der Waals surface area (Å²) in [6, 6.07) is 0.0494. The number of rotatable bonds is 8. The lowest BCUT2D eigenvalue weighted by atomic mass is 10.1. The van der Waals surface area contributed by atoms with Crippen molar-refractivity contribution in [2.24, 2.45) is 0 Å². The SMILES string of the molecule is COC(OC)C(C)NCC(C)(O)CSC. The highest BCUT2D eigenvalue weighted by Gasteiger charge is 2.22. The van der Waals surface area contributed by atoms with E-state index in [2.05, 4.69) is 5.32 Å². The van der Waals surface area contributed by atoms with E-state index in [0.29, 0.717) is 12.3 Å². The molecular formula is C10H23NO3S. The molecule has 0 fully saturated rings. The monoisotopic (exact) mass is 237 g/mol. The molecule has 2 atom stereocenters. The fourth-order valence-corrected chi connectivity index (χ4v) is 2.07. The Morgan fingerprint density at radius 1 is 1.40 bits per heavy atom. The van der Waals surface area contributed by atoms with Crippen LogP contribution in [0.15, 0.2) is 0 Å². The predicted molar refractivity (Wildman–Crippen MR) is 64.3 cm³/mol. The molecule has 2 unspecified atom stereocenters. The lowest BCUT2D eigenvalue weighted by molar-refractivity contribution is -0.121. The molecular weight excluding hydrogens is 214 g/mol. The highest BCUT2D eigenvalue weighted by Crippen LogP contribution is 2.10. The first-order chi connectivity index (χ1) is 6.96. The van der Waals surface area contributed by atoms with Crippen LogP contribution in [-0.4, -0.2) is 55.8 Å². The molecule has 0 aliphatic carbocycles. The van der Waals surface area contributed by atoms with Crippen LogP contribution in [0.4, 0.5) is 0 Å². The molecule has 0 bridgehead atoms. The molecule has 92 valence electrons. The van der Waals surface area contributed by atoms with Crippen LogP contribution < -0.4 is 5.32 Å². The van der Waals surface area contributed by atoms with Gasteiger partial charge < -0.3 is 19.9 Å². The summed E-state index contributed by atoms with van der Waals surface area (Å²) in [6.07, 6.45) is 1.69. The van der Waals surface area contributed by atoms with Crippen LogP contribution in [0.2, 0.25) is 0 Å². The van der Waals surface area contributed by atoms with E-state index in [1.165, 1.54) is 0 Å². The number of methoxy groups -OCH3 is 2. The first kappa shape index (κ1) is 15.2. The summed E-state index contributed by atoms with van der Waals surface area (Å²) in [4.78, 5) is 0. The second kappa shape index (κ2) is 7.46. The summed E-state index contributed by atoms with van der Waals surface area (Å²) in [7, 11) is 3.21. The number of ether oxygens (including phenoxy) is 2. The molecule has 0 saturated heterocycles. The van der Waals surface area contributed by atoms with Crippen LogP contribution in [-0.2, 0) is 9.47 Å². The topological polar surface area (TPSA) is 50.7 Å². The normalized spacial score (nSPS) is 17.8. The molecule has 0 aliphatic heterocycles. The van der Waals surface area contributed by atoms with E-state index < -0.39 is 5.60 Å². The minimum atomic E-state index is -0.695. The molecule has 4 nitrogen and oxygen atoms in total. The molecule has 0 spiro atoms. The number of hydrogen-bond acceptors (Lipinski definition) is 5. The summed E-state index contributed by atoms with van der Waals surface area (Å²) < 4.78 is 10.2. The van der Waals surface area contributed by atoms with E-state index >= 15 is 0 Å². The number of hydrogen-bond donors (Lipinski definition) is 2. The molecule has 0 aliphatic rings. The number of thioether (sulfide) groups is 1. The molecule has 2 N–H and O–H groups in total. The van der Waals surface area contributed by atoms with Gasteiger partial charge in [-0.2, -0.15) is 11.8 Å². The van der Waals surface area contributed by atoms with E-state index in [-0.39, 0.29) is 12.3 Å². The Bertz CT molecular complexity index is 163. The second-order valence-electron chi connectivity index (χ2n) is 3.94. The Morgan fingerprint density at radius 2 is 1.93 bits per heavy atom. The van der Waals surface area contributed by atoms with Crippen molar-refractivity contribution in [2.75, 3.05) is 32.8 Å². The van der Waals surface area contributed by atoms with Crippen LogP contribution in [0.25, 0.3) is 0 Å². The van der Waals surface area contributed by atoms with Gasteiger partial charge >= 0.3 is 0 Å². The molecule has 0 aromatic heterocycles. The third-order valence-electron chi connectivity index (χ3n) is 2.13. The molecule has 0 aromatic rings. The van der Waals surface area contributed by atoms with Crippen LogP contribution in [0.5, 0.6) is 0 Å². The Hall–Kier alpha value is 0.190. The molecule has 0 amide bonds. The summed E-state index contributed by atoms with van der Waals surface area (Å²) in [5.41, 5.74) is -0.695. The van der Waals surface area contributed by atoms with Crippen molar-refractivity contribution in [3.05, 3.63) is 0 Å². The zero-order valence-corrected chi connectivity index (χ0v) is 11.1. The molecule has 0 aromatic carbocycles. The zero-order chi connectivity index (χ0) is 11.9. The maximum Gasteiger partial charge on any atom is 0.171 e. The van der Waals surface area contributed by atoms with Crippen molar-refractivity contribution in [3.63, 3.8) is 0 Å². The highest BCUT2D eigenvalue weighted by atomic mass is 32.2. The minimum absolute atomic E-state index is 0.0494. The van der Waals surface area contributed by atoms with Crippen molar-refractivity contribution in [1.82, 2.24) is 5.32 Å². The summed E-state index contributed by atoms with van der Waals surface area (Å²) in [6.45, 7) is 4.31. The molecule has 0 heterocycles. The first-order valence-electron chi connectivity index (χ1n) is 4.97. The number of aliphatic hydroxyl groups is 1. The molecule has 0 saturated carbocycles. The lowest BCUT2D eigenvalue weighted by Gasteiger charge is -2.28. The lowest BCUT2D eigenvalue weighted by Crippen LogP contribution is -2.48. The van der Waals surface area contributed by atoms with Gasteiger partial charge in [0.1, 0.15) is 0 Å². The van der Waals surface area contributed by atoms with E-state index in [0.717, 1.165) is 0 Å². The van der Waals surface area contributed by atoms with Crippen LogP contribution in [0.3, 0.4) is 0 Å². The summed E-state index contributed by atoms with van der Waals surface area (Å²) >= 11 is 1.63. The van der Waals surface area contributed by atoms with Gasteiger partial charge in [-0.3, -0.25) is 0 Å². The summed E-state index contributed by atoms with van der Waals surface area (Å²) in [5.74, 6) is 0.706. The van der Waals surface area contributed by atoms with Gasteiger partial charge in [-0.15, -0.1) is 0 Å². The Balaban J connectivity index is 3.92. The second-order valence-corrected chi connectivity index (χ2v) is 4.81. The highest BCUT2D eigenvalue weighted by molar-refractivity contribution is 7.98. The van der Waals surface area contributed by atoms with Crippen LogP contribution >= 0.6 is 11.8 Å². The predicted octanol–water partition coefficient (Wildman–Crippen LogP) is 0.697. The minimum Gasteiger partial charge on any atom is -0.388 e. The largest absolute Gasteiger partial charge is 0.388 e. The molecule has 0 rings (SSSR count). The van der Waals surface area contributed by atoms with E-state index in [1.807, 2.05) is 20.1 Å². The Kier molecular flexibility index (Phi) is 7.56. The van der Waals surface area contributed by atoms with Gasteiger partial charge in [0.2, 0.25) is 0 Å². The molecule has 5 heteroatoms. The smallest absolute Gasteiger partial charge is 0.171 e. The van der Waals surface area contributed by atoms with Crippen molar-refractivity contribution in [3.8, 4) is 0 Å². The van der Waals surface area contributed by atoms with Crippen LogP contribution in [0, 0.1) is 0 Å². The van der Waals surface area contributed by atoms with Crippen molar-refractivity contribution >= 4 is 11.8 Å². The average molecular weight is 237 g/mol. The fourth-order valence-electron chi connectivity index (χ4n) is 1.34. The Morgan fingerprint density at radius 3 is 2.33 bits per heavy atom. The average Bonchev–Trinajstić information content (AvgIpc) is 2.17.